The van der Waals surface area contributed by atoms with Crippen LogP contribution in [0.4, 0.5) is 39.5 Å². The van der Waals surface area contributed by atoms with Crippen LogP contribution < -0.4 is 0 Å². The summed E-state index contributed by atoms with van der Waals surface area (Å²) >= 11 is 0. The summed E-state index contributed by atoms with van der Waals surface area (Å²) in [4.78, 5) is 0. The summed E-state index contributed by atoms with van der Waals surface area (Å²) in [6.07, 6.45) is -13.2. The summed E-state index contributed by atoms with van der Waals surface area (Å²) < 4.78 is 116. The monoisotopic (exact) mass is 337 g/mol. The first-order chi connectivity index (χ1) is 9.68. The zero-order valence-electron chi connectivity index (χ0n) is 11.3. The molecule has 0 spiro atoms. The average Bonchev–Trinajstić information content (AvgIpc) is 2.33. The number of rotatable bonds is 3. The Labute approximate surface area is 119 Å². The zero-order chi connectivity index (χ0) is 17.6. The first-order valence-electron chi connectivity index (χ1n) is 5.92. The lowest BCUT2D eigenvalue weighted by Gasteiger charge is -2.36. The summed E-state index contributed by atoms with van der Waals surface area (Å²) in [5.41, 5.74) is -7.98. The molecule has 0 saturated carbocycles. The Balaban J connectivity index is 3.73. The lowest BCUT2D eigenvalue weighted by atomic mass is 9.85. The van der Waals surface area contributed by atoms with Crippen LogP contribution >= 0.6 is 0 Å². The third-order valence-electron chi connectivity index (χ3n) is 3.02. The van der Waals surface area contributed by atoms with Crippen LogP contribution in [0.3, 0.4) is 0 Å². The van der Waals surface area contributed by atoms with Crippen molar-refractivity contribution in [1.82, 2.24) is 0 Å². The Morgan fingerprint density at radius 1 is 0.864 bits per heavy atom. The largest absolute Gasteiger partial charge is 0.457 e. The van der Waals surface area contributed by atoms with Gasteiger partial charge in [-0.25, -0.2) is 4.39 Å². The van der Waals surface area contributed by atoms with E-state index >= 15 is 0 Å². The van der Waals surface area contributed by atoms with E-state index in [0.29, 0.717) is 6.07 Å². The van der Waals surface area contributed by atoms with Crippen LogP contribution in [0.25, 0.3) is 0 Å². The molecule has 1 radical (unpaired) electrons. The number of halogens is 9. The summed E-state index contributed by atoms with van der Waals surface area (Å²) in [7, 11) is 0. The maximum atomic E-state index is 14.2. The van der Waals surface area contributed by atoms with Crippen LogP contribution in [-0.2, 0) is 12.1 Å². The van der Waals surface area contributed by atoms with Crippen LogP contribution in [-0.4, -0.2) is 18.3 Å². The molecule has 0 nitrogen and oxygen atoms in total. The third kappa shape index (κ3) is 2.77. The van der Waals surface area contributed by atoms with Crippen molar-refractivity contribution in [2.45, 2.75) is 44.2 Å². The minimum Gasteiger partial charge on any atom is -0.221 e. The predicted octanol–water partition coefficient (Wildman–Crippen LogP) is 5.28. The van der Waals surface area contributed by atoms with Gasteiger partial charge in [0, 0.05) is 5.56 Å². The van der Waals surface area contributed by atoms with Crippen molar-refractivity contribution in [3.63, 3.8) is 0 Å². The summed E-state index contributed by atoms with van der Waals surface area (Å²) in [6.45, 7) is 2.52. The van der Waals surface area contributed by atoms with Crippen LogP contribution in [0.5, 0.6) is 0 Å². The van der Waals surface area contributed by atoms with Gasteiger partial charge in [-0.05, 0) is 30.5 Å². The average molecular weight is 337 g/mol. The minimum atomic E-state index is -6.71. The highest BCUT2D eigenvalue weighted by molar-refractivity contribution is 5.36. The van der Waals surface area contributed by atoms with Crippen molar-refractivity contribution in [2.24, 2.45) is 0 Å². The zero-order valence-corrected chi connectivity index (χ0v) is 11.3. The molecular formula is C13H10F9. The van der Waals surface area contributed by atoms with Gasteiger partial charge < -0.3 is 0 Å². The summed E-state index contributed by atoms with van der Waals surface area (Å²) in [5, 5.41) is 0. The normalized spacial score (nSPS) is 16.5. The minimum absolute atomic E-state index is 0.0137. The highest BCUT2D eigenvalue weighted by Gasteiger charge is 2.81. The van der Waals surface area contributed by atoms with Gasteiger partial charge in [0.25, 0.3) is 0 Å². The van der Waals surface area contributed by atoms with Gasteiger partial charge in [-0.1, -0.05) is 19.1 Å². The number of aryl methyl sites for hydroxylation is 2. The number of benzene rings is 1. The van der Waals surface area contributed by atoms with Crippen molar-refractivity contribution < 1.29 is 39.5 Å². The number of hydrogen-bond acceptors (Lipinski definition) is 0. The Morgan fingerprint density at radius 3 is 1.73 bits per heavy atom. The highest BCUT2D eigenvalue weighted by Crippen LogP contribution is 2.58. The molecule has 0 amide bonds. The second kappa shape index (κ2) is 5.34. The van der Waals surface area contributed by atoms with Crippen LogP contribution in [0.1, 0.15) is 23.6 Å². The molecule has 0 fully saturated rings. The van der Waals surface area contributed by atoms with Gasteiger partial charge in [0.1, 0.15) is 0 Å². The SMILES string of the molecule is CCc1[c]c(C)cc(C(F)(C(F)(F)F)C(F)(F)C(F)(F)F)c1. The third-order valence-corrected chi connectivity index (χ3v) is 3.02. The molecule has 0 aromatic heterocycles. The first kappa shape index (κ1) is 18.6. The lowest BCUT2D eigenvalue weighted by Crippen LogP contribution is -2.59. The van der Waals surface area contributed by atoms with E-state index in [1.54, 1.807) is 0 Å². The summed E-state index contributed by atoms with van der Waals surface area (Å²) in [5.74, 6) is -6.64. The molecule has 0 heterocycles. The smallest absolute Gasteiger partial charge is 0.221 e. The van der Waals surface area contributed by atoms with E-state index in [9.17, 15) is 39.5 Å². The Morgan fingerprint density at radius 2 is 1.36 bits per heavy atom. The van der Waals surface area contributed by atoms with Gasteiger partial charge in [0.05, 0.1) is 0 Å². The first-order valence-corrected chi connectivity index (χ1v) is 5.92. The second-order valence-electron chi connectivity index (χ2n) is 4.66. The fourth-order valence-corrected chi connectivity index (χ4v) is 1.90. The quantitative estimate of drug-likeness (QED) is 0.658. The number of alkyl halides is 9. The van der Waals surface area contributed by atoms with Crippen molar-refractivity contribution in [3.05, 3.63) is 34.9 Å². The van der Waals surface area contributed by atoms with E-state index in [2.05, 4.69) is 6.07 Å². The molecule has 1 atom stereocenters. The topological polar surface area (TPSA) is 0 Å². The van der Waals surface area contributed by atoms with Crippen LogP contribution in [0.2, 0.25) is 0 Å². The van der Waals surface area contributed by atoms with Crippen molar-refractivity contribution >= 4 is 0 Å². The van der Waals surface area contributed by atoms with Crippen molar-refractivity contribution in [2.75, 3.05) is 0 Å². The molecule has 0 saturated heterocycles. The highest BCUT2D eigenvalue weighted by atomic mass is 19.4. The molecular weight excluding hydrogens is 327 g/mol. The molecule has 1 aromatic rings. The van der Waals surface area contributed by atoms with Gasteiger partial charge >= 0.3 is 23.9 Å². The van der Waals surface area contributed by atoms with E-state index in [1.807, 2.05) is 0 Å². The Bertz CT molecular complexity index is 541. The van der Waals surface area contributed by atoms with Gasteiger partial charge in [-0.15, -0.1) is 0 Å². The molecule has 1 unspecified atom stereocenters. The number of hydrogen-bond donors (Lipinski definition) is 0. The summed E-state index contributed by atoms with van der Waals surface area (Å²) in [6, 6.07) is 3.05. The standard InChI is InChI=1S/C13H10F9/c1-3-8-4-7(2)5-9(6-8)10(14,12(17,18)19)11(15,16)13(20,21)22/h5-6H,3H2,1-2H3. The molecule has 125 valence electrons. The van der Waals surface area contributed by atoms with Gasteiger partial charge in [-0.2, -0.15) is 35.1 Å². The molecule has 22 heavy (non-hydrogen) atoms. The van der Waals surface area contributed by atoms with Gasteiger partial charge in [-0.3, -0.25) is 0 Å². The van der Waals surface area contributed by atoms with Crippen LogP contribution in [0.15, 0.2) is 12.1 Å². The molecule has 1 rings (SSSR count). The Hall–Kier alpha value is -1.41. The Kier molecular flexibility index (Phi) is 4.53. The van der Waals surface area contributed by atoms with Crippen LogP contribution in [0, 0.1) is 13.0 Å². The molecule has 0 bridgehead atoms. The maximum Gasteiger partial charge on any atom is 0.457 e. The predicted molar refractivity (Wildman–Crippen MR) is 59.2 cm³/mol. The van der Waals surface area contributed by atoms with Crippen molar-refractivity contribution in [3.8, 4) is 0 Å². The van der Waals surface area contributed by atoms with E-state index in [-0.39, 0.29) is 23.6 Å². The maximum absolute atomic E-state index is 14.2. The van der Waals surface area contributed by atoms with Gasteiger partial charge in [0.2, 0.25) is 0 Å². The second-order valence-corrected chi connectivity index (χ2v) is 4.66. The van der Waals surface area contributed by atoms with E-state index in [4.69, 9.17) is 0 Å². The molecule has 0 aliphatic rings. The lowest BCUT2D eigenvalue weighted by molar-refractivity contribution is -0.389. The van der Waals surface area contributed by atoms with E-state index in [0.717, 1.165) is 6.92 Å². The molecule has 0 aliphatic heterocycles. The van der Waals surface area contributed by atoms with Crippen molar-refractivity contribution in [1.29, 1.82) is 0 Å². The molecule has 0 aliphatic carbocycles. The fraction of sp³-hybridized carbons (Fsp3) is 0.538. The van der Waals surface area contributed by atoms with Gasteiger partial charge in [0.15, 0.2) is 0 Å². The van der Waals surface area contributed by atoms with E-state index in [1.165, 1.54) is 6.92 Å². The molecule has 0 N–H and O–H groups in total. The fourth-order valence-electron chi connectivity index (χ4n) is 1.90. The molecule has 1 aromatic carbocycles. The molecule has 9 heteroatoms. The van der Waals surface area contributed by atoms with E-state index < -0.39 is 29.5 Å².